The van der Waals surface area contributed by atoms with E-state index in [2.05, 4.69) is 35.1 Å². The molecule has 2 aromatic heterocycles. The lowest BCUT2D eigenvalue weighted by atomic mass is 9.78. The molecular weight excluding hydrogens is 342 g/mol. The van der Waals surface area contributed by atoms with E-state index in [1.165, 1.54) is 5.69 Å². The van der Waals surface area contributed by atoms with Crippen LogP contribution in [-0.4, -0.2) is 57.4 Å². The van der Waals surface area contributed by atoms with E-state index in [0.29, 0.717) is 5.91 Å². The molecule has 0 atom stereocenters. The van der Waals surface area contributed by atoms with Gasteiger partial charge in [-0.25, -0.2) is 9.97 Å². The number of nitrogens with zero attached hydrogens (tertiary/aromatic N) is 5. The number of carbonyl (C=O) groups is 1. The molecule has 3 aliphatic rings. The van der Waals surface area contributed by atoms with Crippen molar-refractivity contribution in [1.29, 1.82) is 0 Å². The number of aromatic nitrogens is 4. The highest BCUT2D eigenvalue weighted by atomic mass is 16.2. The number of piperidine rings is 1. The Kier molecular flexibility index (Phi) is 3.80. The number of fused-ring (bicyclic) bond motifs is 2. The molecule has 4 heterocycles. The minimum absolute atomic E-state index is 0.232. The second kappa shape index (κ2) is 6.21. The number of hydrogen-bond acceptors (Lipinski definition) is 6. The van der Waals surface area contributed by atoms with Gasteiger partial charge in [-0.05, 0) is 31.7 Å². The number of aromatic amines is 1. The first-order valence-electron chi connectivity index (χ1n) is 9.81. The smallest absolute Gasteiger partial charge is 0.227 e. The molecule has 2 fully saturated rings. The van der Waals surface area contributed by atoms with Gasteiger partial charge in [0.1, 0.15) is 5.82 Å². The first-order valence-corrected chi connectivity index (χ1v) is 9.81. The fraction of sp³-hybridized carbons (Fsp3) is 0.579. The number of anilines is 2. The lowest BCUT2D eigenvalue weighted by Crippen LogP contribution is -2.59. The summed E-state index contributed by atoms with van der Waals surface area (Å²) in [5.74, 6) is 2.12. The third kappa shape index (κ3) is 2.65. The zero-order valence-electron chi connectivity index (χ0n) is 15.6. The van der Waals surface area contributed by atoms with E-state index in [-0.39, 0.29) is 11.5 Å². The largest absolute Gasteiger partial charge is 0.373 e. The minimum Gasteiger partial charge on any atom is -0.373 e. The second-order valence-corrected chi connectivity index (χ2v) is 7.75. The maximum Gasteiger partial charge on any atom is 0.227 e. The van der Waals surface area contributed by atoms with Crippen LogP contribution in [0.25, 0.3) is 0 Å². The van der Waals surface area contributed by atoms with Gasteiger partial charge in [0, 0.05) is 50.9 Å². The molecule has 27 heavy (non-hydrogen) atoms. The third-order valence-corrected chi connectivity index (χ3v) is 6.23. The summed E-state index contributed by atoms with van der Waals surface area (Å²) in [6.07, 6.45) is 8.22. The van der Waals surface area contributed by atoms with Crippen LogP contribution in [0.3, 0.4) is 0 Å². The van der Waals surface area contributed by atoms with Crippen LogP contribution >= 0.6 is 0 Å². The number of nitrogens with one attached hydrogen (secondary N) is 2. The normalized spacial score (nSPS) is 21.2. The van der Waals surface area contributed by atoms with Gasteiger partial charge in [0.25, 0.3) is 0 Å². The van der Waals surface area contributed by atoms with Gasteiger partial charge in [-0.15, -0.1) is 0 Å². The SMILES string of the molecule is CNc1ccnc(N2CCC3(CC2)c2nc[nH]c2CCN3C(=O)C2CC2)n1. The summed E-state index contributed by atoms with van der Waals surface area (Å²) in [5, 5.41) is 3.07. The highest BCUT2D eigenvalue weighted by molar-refractivity contribution is 5.82. The molecule has 1 amide bonds. The van der Waals surface area contributed by atoms with E-state index in [0.717, 1.165) is 69.2 Å². The van der Waals surface area contributed by atoms with Gasteiger partial charge in [-0.3, -0.25) is 4.79 Å². The molecule has 2 aromatic rings. The van der Waals surface area contributed by atoms with Crippen molar-refractivity contribution in [3.63, 3.8) is 0 Å². The zero-order valence-corrected chi connectivity index (χ0v) is 15.6. The van der Waals surface area contributed by atoms with E-state index < -0.39 is 0 Å². The summed E-state index contributed by atoms with van der Waals surface area (Å²) in [6.45, 7) is 2.41. The van der Waals surface area contributed by atoms with Crippen LogP contribution in [0.4, 0.5) is 11.8 Å². The number of H-pyrrole nitrogens is 1. The van der Waals surface area contributed by atoms with E-state index >= 15 is 0 Å². The van der Waals surface area contributed by atoms with Crippen molar-refractivity contribution in [3.8, 4) is 0 Å². The van der Waals surface area contributed by atoms with Crippen LogP contribution < -0.4 is 10.2 Å². The summed E-state index contributed by atoms with van der Waals surface area (Å²) in [7, 11) is 1.86. The van der Waals surface area contributed by atoms with Gasteiger partial charge < -0.3 is 20.1 Å². The van der Waals surface area contributed by atoms with E-state index in [4.69, 9.17) is 0 Å². The molecule has 142 valence electrons. The highest BCUT2D eigenvalue weighted by Gasteiger charge is 2.51. The van der Waals surface area contributed by atoms with Crippen LogP contribution in [0.1, 0.15) is 37.1 Å². The van der Waals surface area contributed by atoms with Crippen molar-refractivity contribution < 1.29 is 4.79 Å². The predicted molar refractivity (Wildman–Crippen MR) is 101 cm³/mol. The summed E-state index contributed by atoms with van der Waals surface area (Å²) in [6, 6.07) is 1.86. The molecule has 1 spiro atoms. The predicted octanol–water partition coefficient (Wildman–Crippen LogP) is 1.53. The maximum atomic E-state index is 13.0. The molecule has 0 aromatic carbocycles. The van der Waals surface area contributed by atoms with Gasteiger partial charge >= 0.3 is 0 Å². The third-order valence-electron chi connectivity index (χ3n) is 6.23. The molecule has 8 heteroatoms. The lowest BCUT2D eigenvalue weighted by Gasteiger charge is -2.50. The Bertz CT molecular complexity index is 851. The van der Waals surface area contributed by atoms with Gasteiger partial charge in [-0.1, -0.05) is 0 Å². The number of amides is 1. The molecule has 2 N–H and O–H groups in total. The number of carbonyl (C=O) groups excluding carboxylic acids is 1. The van der Waals surface area contributed by atoms with Gasteiger partial charge in [0.2, 0.25) is 11.9 Å². The van der Waals surface area contributed by atoms with Crippen molar-refractivity contribution in [1.82, 2.24) is 24.8 Å². The Labute approximate surface area is 158 Å². The molecule has 1 saturated heterocycles. The molecule has 1 saturated carbocycles. The van der Waals surface area contributed by atoms with E-state index in [1.54, 1.807) is 12.5 Å². The molecule has 8 nitrogen and oxygen atoms in total. The summed E-state index contributed by atoms with van der Waals surface area (Å²) in [4.78, 5) is 34.4. The van der Waals surface area contributed by atoms with Crippen LogP contribution in [0.2, 0.25) is 0 Å². The average Bonchev–Trinajstić information content (AvgIpc) is 3.45. The molecule has 1 aliphatic carbocycles. The van der Waals surface area contributed by atoms with Crippen LogP contribution in [0, 0.1) is 5.92 Å². The molecular formula is C19H25N7O. The quantitative estimate of drug-likeness (QED) is 0.855. The Morgan fingerprint density at radius 2 is 2.07 bits per heavy atom. The first-order chi connectivity index (χ1) is 13.2. The Morgan fingerprint density at radius 3 is 2.81 bits per heavy atom. The van der Waals surface area contributed by atoms with E-state index in [1.807, 2.05) is 13.1 Å². The van der Waals surface area contributed by atoms with Gasteiger partial charge in [0.05, 0.1) is 17.6 Å². The van der Waals surface area contributed by atoms with Gasteiger partial charge in [-0.2, -0.15) is 4.98 Å². The monoisotopic (exact) mass is 367 g/mol. The number of rotatable bonds is 3. The lowest BCUT2D eigenvalue weighted by molar-refractivity contribution is -0.142. The summed E-state index contributed by atoms with van der Waals surface area (Å²) < 4.78 is 0. The Hall–Kier alpha value is -2.64. The highest BCUT2D eigenvalue weighted by Crippen LogP contribution is 2.45. The standard InChI is InChI=1S/C19H25N7O/c1-20-15-4-8-21-18(24-15)25-10-6-19(7-11-25)16-14(22-12-23-16)5-9-26(19)17(27)13-2-3-13/h4,8,12-13H,2-3,5-7,9-11H2,1H3,(H,22,23)(H,20,21,24). The number of imidazole rings is 1. The van der Waals surface area contributed by atoms with E-state index in [9.17, 15) is 4.79 Å². The van der Waals surface area contributed by atoms with Crippen molar-refractivity contribution in [2.24, 2.45) is 5.92 Å². The van der Waals surface area contributed by atoms with Crippen molar-refractivity contribution >= 4 is 17.7 Å². The second-order valence-electron chi connectivity index (χ2n) is 7.75. The molecule has 5 rings (SSSR count). The van der Waals surface area contributed by atoms with Crippen molar-refractivity contribution in [2.45, 2.75) is 37.6 Å². The molecule has 0 bridgehead atoms. The Balaban J connectivity index is 1.43. The first kappa shape index (κ1) is 16.5. The topological polar surface area (TPSA) is 90.0 Å². The maximum absolute atomic E-state index is 13.0. The van der Waals surface area contributed by atoms with Crippen molar-refractivity contribution in [2.75, 3.05) is 36.9 Å². The van der Waals surface area contributed by atoms with Crippen molar-refractivity contribution in [3.05, 3.63) is 30.0 Å². The molecule has 0 radical (unpaired) electrons. The molecule has 2 aliphatic heterocycles. The molecule has 0 unspecified atom stereocenters. The zero-order chi connectivity index (χ0) is 18.4. The summed E-state index contributed by atoms with van der Waals surface area (Å²) >= 11 is 0. The fourth-order valence-electron chi connectivity index (χ4n) is 4.57. The number of hydrogen-bond donors (Lipinski definition) is 2. The fourth-order valence-corrected chi connectivity index (χ4v) is 4.57. The average molecular weight is 367 g/mol. The minimum atomic E-state index is -0.287. The van der Waals surface area contributed by atoms with Crippen LogP contribution in [0.5, 0.6) is 0 Å². The Morgan fingerprint density at radius 1 is 1.26 bits per heavy atom. The van der Waals surface area contributed by atoms with Crippen LogP contribution in [-0.2, 0) is 16.8 Å². The summed E-state index contributed by atoms with van der Waals surface area (Å²) in [5.41, 5.74) is 1.98. The van der Waals surface area contributed by atoms with Gasteiger partial charge in [0.15, 0.2) is 0 Å². The van der Waals surface area contributed by atoms with Crippen LogP contribution in [0.15, 0.2) is 18.6 Å².